The molecule has 1 aliphatic rings. The summed E-state index contributed by atoms with van der Waals surface area (Å²) in [5.41, 5.74) is 1.81. The molecule has 0 unspecified atom stereocenters. The van der Waals surface area contributed by atoms with Crippen LogP contribution in [-0.4, -0.2) is 34.1 Å². The number of carbonyl (C=O) groups is 1. The van der Waals surface area contributed by atoms with Gasteiger partial charge in [-0.25, -0.2) is 8.42 Å². The minimum absolute atomic E-state index is 0.337. The lowest BCUT2D eigenvalue weighted by molar-refractivity contribution is 0.112. The number of fused-ring (bicyclic) bond motifs is 2. The van der Waals surface area contributed by atoms with E-state index in [1.807, 2.05) is 17.0 Å². The second kappa shape index (κ2) is 9.51. The zero-order valence-electron chi connectivity index (χ0n) is 20.2. The van der Waals surface area contributed by atoms with Gasteiger partial charge in [0.25, 0.3) is 0 Å². The van der Waals surface area contributed by atoms with Crippen LogP contribution in [0.1, 0.15) is 29.1 Å². The SMILES string of the molecule is CC(C)(c1c(Oc2ccc(Cl)cc2)cc2sc(C=O)cc2c1N1CCOc2c(Cl)cccc21)S(C)(=O)=O. The summed E-state index contributed by atoms with van der Waals surface area (Å²) in [6.07, 6.45) is 2.00. The van der Waals surface area contributed by atoms with E-state index in [4.69, 9.17) is 32.7 Å². The lowest BCUT2D eigenvalue weighted by Crippen LogP contribution is -2.34. The molecule has 0 fully saturated rings. The van der Waals surface area contributed by atoms with Gasteiger partial charge in [0, 0.05) is 26.9 Å². The normalized spacial score (nSPS) is 13.8. The van der Waals surface area contributed by atoms with Crippen molar-refractivity contribution in [3.05, 3.63) is 75.1 Å². The zero-order chi connectivity index (χ0) is 26.5. The molecule has 5 rings (SSSR count). The van der Waals surface area contributed by atoms with Crippen molar-refractivity contribution >= 4 is 72.1 Å². The van der Waals surface area contributed by atoms with Crippen molar-refractivity contribution in [1.82, 2.24) is 0 Å². The van der Waals surface area contributed by atoms with Gasteiger partial charge in [-0.05, 0) is 62.4 Å². The third kappa shape index (κ3) is 4.56. The van der Waals surface area contributed by atoms with E-state index in [2.05, 4.69) is 0 Å². The first-order valence-electron chi connectivity index (χ1n) is 11.4. The smallest absolute Gasteiger partial charge is 0.161 e. The Morgan fingerprint density at radius 3 is 2.51 bits per heavy atom. The highest BCUT2D eigenvalue weighted by atomic mass is 35.5. The Morgan fingerprint density at radius 2 is 1.84 bits per heavy atom. The molecule has 10 heteroatoms. The number of hydrogen-bond donors (Lipinski definition) is 0. The van der Waals surface area contributed by atoms with Crippen LogP contribution in [0.3, 0.4) is 0 Å². The fraction of sp³-hybridized carbons (Fsp3) is 0.222. The molecule has 0 bridgehead atoms. The Bertz CT molecular complexity index is 1630. The predicted octanol–water partition coefficient (Wildman–Crippen LogP) is 7.62. The second-order valence-corrected chi connectivity index (χ2v) is 13.7. The summed E-state index contributed by atoms with van der Waals surface area (Å²) in [4.78, 5) is 14.3. The second-order valence-electron chi connectivity index (χ2n) is 9.20. The largest absolute Gasteiger partial charge is 0.488 e. The lowest BCUT2D eigenvalue weighted by Gasteiger charge is -2.37. The number of anilines is 2. The van der Waals surface area contributed by atoms with Crippen molar-refractivity contribution in [2.75, 3.05) is 24.3 Å². The Morgan fingerprint density at radius 1 is 1.11 bits per heavy atom. The maximum atomic E-state index is 13.2. The molecule has 4 aromatic rings. The summed E-state index contributed by atoms with van der Waals surface area (Å²) in [5.74, 6) is 1.38. The molecule has 0 saturated heterocycles. The quantitative estimate of drug-likeness (QED) is 0.220. The van der Waals surface area contributed by atoms with E-state index in [-0.39, 0.29) is 0 Å². The fourth-order valence-corrected chi connectivity index (χ4v) is 6.25. The topological polar surface area (TPSA) is 72.9 Å². The number of nitrogens with zero attached hydrogens (tertiary/aromatic N) is 1. The lowest BCUT2D eigenvalue weighted by atomic mass is 9.95. The number of hydrogen-bond acceptors (Lipinski definition) is 7. The van der Waals surface area contributed by atoms with Gasteiger partial charge in [-0.1, -0.05) is 29.3 Å². The first kappa shape index (κ1) is 25.9. The zero-order valence-corrected chi connectivity index (χ0v) is 23.4. The van der Waals surface area contributed by atoms with Gasteiger partial charge in [-0.15, -0.1) is 11.3 Å². The molecule has 37 heavy (non-hydrogen) atoms. The van der Waals surface area contributed by atoms with Crippen LogP contribution in [0, 0.1) is 0 Å². The Balaban J connectivity index is 1.88. The predicted molar refractivity (Wildman–Crippen MR) is 151 cm³/mol. The van der Waals surface area contributed by atoms with Crippen LogP contribution >= 0.6 is 34.5 Å². The molecule has 1 aromatic heterocycles. The molecule has 0 amide bonds. The number of aldehydes is 1. The highest BCUT2D eigenvalue weighted by Crippen LogP contribution is 2.53. The number of ether oxygens (including phenoxy) is 2. The van der Waals surface area contributed by atoms with E-state index in [1.165, 1.54) is 17.6 Å². The monoisotopic (exact) mass is 575 g/mol. The highest BCUT2D eigenvalue weighted by Gasteiger charge is 2.41. The minimum atomic E-state index is -3.64. The third-order valence-electron chi connectivity index (χ3n) is 6.54. The van der Waals surface area contributed by atoms with Crippen LogP contribution in [0.2, 0.25) is 10.0 Å². The van der Waals surface area contributed by atoms with E-state index in [9.17, 15) is 13.2 Å². The molecular weight excluding hydrogens is 553 g/mol. The summed E-state index contributed by atoms with van der Waals surface area (Å²) < 4.78 is 38.1. The molecule has 0 saturated carbocycles. The molecule has 0 aliphatic carbocycles. The van der Waals surface area contributed by atoms with E-state index in [0.717, 1.165) is 16.4 Å². The maximum Gasteiger partial charge on any atom is 0.161 e. The van der Waals surface area contributed by atoms with Crippen molar-refractivity contribution in [2.45, 2.75) is 18.6 Å². The van der Waals surface area contributed by atoms with Crippen LogP contribution in [0.5, 0.6) is 17.2 Å². The molecule has 0 radical (unpaired) electrons. The Labute approximate surface area is 229 Å². The minimum Gasteiger partial charge on any atom is -0.488 e. The highest BCUT2D eigenvalue weighted by molar-refractivity contribution is 7.91. The maximum absolute atomic E-state index is 13.2. The van der Waals surface area contributed by atoms with Crippen molar-refractivity contribution in [3.8, 4) is 17.2 Å². The van der Waals surface area contributed by atoms with Crippen molar-refractivity contribution in [1.29, 1.82) is 0 Å². The van der Waals surface area contributed by atoms with Crippen molar-refractivity contribution in [3.63, 3.8) is 0 Å². The van der Waals surface area contributed by atoms with Gasteiger partial charge < -0.3 is 14.4 Å². The van der Waals surface area contributed by atoms with Gasteiger partial charge in [0.2, 0.25) is 0 Å². The summed E-state index contributed by atoms with van der Waals surface area (Å²) in [6, 6.07) is 15.9. The summed E-state index contributed by atoms with van der Waals surface area (Å²) in [7, 11) is -3.64. The van der Waals surface area contributed by atoms with E-state index in [1.54, 1.807) is 56.3 Å². The first-order chi connectivity index (χ1) is 17.5. The van der Waals surface area contributed by atoms with E-state index >= 15 is 0 Å². The summed E-state index contributed by atoms with van der Waals surface area (Å²) in [5, 5.41) is 1.75. The molecule has 192 valence electrons. The Kier molecular flexibility index (Phi) is 6.64. The van der Waals surface area contributed by atoms with Gasteiger partial charge in [0.05, 0.1) is 32.6 Å². The first-order valence-corrected chi connectivity index (χ1v) is 14.9. The van der Waals surface area contributed by atoms with Gasteiger partial charge in [-0.2, -0.15) is 0 Å². The van der Waals surface area contributed by atoms with Crippen molar-refractivity contribution in [2.24, 2.45) is 0 Å². The molecular formula is C27H23Cl2NO5S2. The summed E-state index contributed by atoms with van der Waals surface area (Å²) in [6.45, 7) is 4.10. The van der Waals surface area contributed by atoms with E-state index in [0.29, 0.717) is 62.3 Å². The van der Waals surface area contributed by atoms with E-state index < -0.39 is 14.6 Å². The molecule has 0 N–H and O–H groups in total. The average Bonchev–Trinajstić information content (AvgIpc) is 3.27. The summed E-state index contributed by atoms with van der Waals surface area (Å²) >= 11 is 13.8. The van der Waals surface area contributed by atoms with Crippen LogP contribution < -0.4 is 14.4 Å². The van der Waals surface area contributed by atoms with Crippen LogP contribution in [-0.2, 0) is 14.6 Å². The van der Waals surface area contributed by atoms with Gasteiger partial charge in [0.1, 0.15) is 18.1 Å². The number of sulfone groups is 1. The number of halogens is 2. The molecule has 1 aliphatic heterocycles. The Hall–Kier alpha value is -2.78. The van der Waals surface area contributed by atoms with Crippen LogP contribution in [0.15, 0.2) is 54.6 Å². The molecule has 6 nitrogen and oxygen atoms in total. The fourth-order valence-electron chi connectivity index (χ4n) is 4.42. The van der Waals surface area contributed by atoms with Gasteiger partial charge >= 0.3 is 0 Å². The van der Waals surface area contributed by atoms with Crippen LogP contribution in [0.25, 0.3) is 10.1 Å². The standard InChI is InChI=1S/C27H23Cl2NO5S2/c1-27(2,37(3,32)33)24-22(35-17-9-7-16(28)8-10-17)14-23-19(13-18(15-31)36-23)25(24)30-11-12-34-26-20(29)5-4-6-21(26)30/h4-10,13-15H,11-12H2,1-3H3. The molecule has 3 aromatic carbocycles. The number of thiophene rings is 1. The third-order valence-corrected chi connectivity index (χ3v) is 10.2. The van der Waals surface area contributed by atoms with Crippen LogP contribution in [0.4, 0.5) is 11.4 Å². The average molecular weight is 577 g/mol. The number of rotatable bonds is 6. The number of para-hydroxylation sites is 1. The van der Waals surface area contributed by atoms with Crippen molar-refractivity contribution < 1.29 is 22.7 Å². The number of carbonyl (C=O) groups excluding carboxylic acids is 1. The van der Waals surface area contributed by atoms with Gasteiger partial charge in [-0.3, -0.25) is 4.79 Å². The molecule has 2 heterocycles. The molecule has 0 spiro atoms. The molecule has 0 atom stereocenters. The van der Waals surface area contributed by atoms with Gasteiger partial charge in [0.15, 0.2) is 21.9 Å². The number of benzene rings is 3.